The number of carbonyl (C=O) groups excluding carboxylic acids is 1. The van der Waals surface area contributed by atoms with Gasteiger partial charge in [0.05, 0.1) is 24.7 Å². The summed E-state index contributed by atoms with van der Waals surface area (Å²) < 4.78 is 9.02. The van der Waals surface area contributed by atoms with Crippen molar-refractivity contribution in [2.75, 3.05) is 25.8 Å². The van der Waals surface area contributed by atoms with Crippen LogP contribution in [0.4, 0.5) is 0 Å². The average Bonchev–Trinajstić information content (AvgIpc) is 3.66. The van der Waals surface area contributed by atoms with Gasteiger partial charge in [0.15, 0.2) is 5.82 Å². The fourth-order valence-corrected chi connectivity index (χ4v) is 7.88. The first-order valence-electron chi connectivity index (χ1n) is 15.5. The average molecular weight is 636 g/mol. The lowest BCUT2D eigenvalue weighted by Crippen LogP contribution is -2.47. The molecule has 4 heterocycles. The minimum absolute atomic E-state index is 0.00146. The molecule has 2 saturated heterocycles. The zero-order valence-corrected chi connectivity index (χ0v) is 26.4. The van der Waals surface area contributed by atoms with Gasteiger partial charge in [0.25, 0.3) is 0 Å². The van der Waals surface area contributed by atoms with E-state index in [1.165, 1.54) is 10.6 Å². The van der Waals surface area contributed by atoms with Crippen molar-refractivity contribution in [1.29, 1.82) is 0 Å². The normalized spacial score (nSPS) is 20.0. The number of benzene rings is 2. The van der Waals surface area contributed by atoms with Crippen LogP contribution in [0.25, 0.3) is 28.0 Å². The number of unbranched alkanes of at least 4 members (excludes halogenated alkanes) is 1. The summed E-state index contributed by atoms with van der Waals surface area (Å²) in [6, 6.07) is 11.2. The Balaban J connectivity index is 1.04. The summed E-state index contributed by atoms with van der Waals surface area (Å²) in [5.41, 5.74) is 2.61. The number of hydrogen-bond donors (Lipinski definition) is 6. The van der Waals surface area contributed by atoms with E-state index in [2.05, 4.69) is 30.7 Å². The van der Waals surface area contributed by atoms with Crippen LogP contribution in [0.1, 0.15) is 51.0 Å². The third kappa shape index (κ3) is 6.76. The highest BCUT2D eigenvalue weighted by molar-refractivity contribution is 8.00. The Bertz CT molecular complexity index is 1650. The SMILES string of the molecule is CC(C)c1cc(-c2nnc(O)n2-c2ccc3c(ccn3CCNC(=O)CCCC[C@@H]3SC[C@H]4NCOCN[C@@H]34)c2)c(O)cc1O. The molecule has 0 bridgehead atoms. The molecule has 240 valence electrons. The van der Waals surface area contributed by atoms with Crippen molar-refractivity contribution in [3.05, 3.63) is 48.2 Å². The Morgan fingerprint density at radius 3 is 2.78 bits per heavy atom. The van der Waals surface area contributed by atoms with Crippen LogP contribution in [0.2, 0.25) is 0 Å². The lowest BCUT2D eigenvalue weighted by Gasteiger charge is -2.22. The van der Waals surface area contributed by atoms with Gasteiger partial charge in [-0.1, -0.05) is 25.4 Å². The molecule has 1 amide bonds. The number of aromatic hydroxyl groups is 3. The first kappa shape index (κ1) is 31.2. The Morgan fingerprint density at radius 1 is 1.09 bits per heavy atom. The highest BCUT2D eigenvalue weighted by Gasteiger charge is 2.36. The number of phenolic OH excluding ortho intramolecular Hbond substituents is 2. The van der Waals surface area contributed by atoms with Crippen LogP contribution in [0.3, 0.4) is 0 Å². The van der Waals surface area contributed by atoms with E-state index in [-0.39, 0.29) is 35.2 Å². The van der Waals surface area contributed by atoms with Crippen molar-refractivity contribution in [3.8, 4) is 34.6 Å². The Morgan fingerprint density at radius 2 is 1.93 bits per heavy atom. The first-order chi connectivity index (χ1) is 21.8. The van der Waals surface area contributed by atoms with Gasteiger partial charge in [0.2, 0.25) is 5.91 Å². The van der Waals surface area contributed by atoms with Crippen LogP contribution in [0, 0.1) is 0 Å². The smallest absolute Gasteiger partial charge is 0.319 e. The van der Waals surface area contributed by atoms with Crippen molar-refractivity contribution in [1.82, 2.24) is 35.3 Å². The summed E-state index contributed by atoms with van der Waals surface area (Å²) in [5.74, 6) is 1.27. The van der Waals surface area contributed by atoms with Crippen LogP contribution in [-0.4, -0.2) is 83.7 Å². The number of thioether (sulfide) groups is 1. The number of amides is 1. The van der Waals surface area contributed by atoms with Gasteiger partial charge in [-0.2, -0.15) is 11.8 Å². The number of rotatable bonds is 11. The van der Waals surface area contributed by atoms with E-state index in [9.17, 15) is 20.1 Å². The predicted molar refractivity (Wildman–Crippen MR) is 174 cm³/mol. The molecule has 0 radical (unpaired) electrons. The second-order valence-electron chi connectivity index (χ2n) is 12.0. The maximum Gasteiger partial charge on any atom is 0.319 e. The maximum absolute atomic E-state index is 12.5. The van der Waals surface area contributed by atoms with Gasteiger partial charge >= 0.3 is 6.01 Å². The number of carbonyl (C=O) groups is 1. The Kier molecular flexibility index (Phi) is 9.50. The van der Waals surface area contributed by atoms with Crippen molar-refractivity contribution in [2.45, 2.75) is 69.3 Å². The molecule has 2 aromatic carbocycles. The fraction of sp³-hybridized carbons (Fsp3) is 0.469. The lowest BCUT2D eigenvalue weighted by molar-refractivity contribution is -0.121. The highest BCUT2D eigenvalue weighted by Crippen LogP contribution is 2.39. The van der Waals surface area contributed by atoms with Gasteiger partial charge in [0, 0.05) is 65.8 Å². The van der Waals surface area contributed by atoms with Crippen LogP contribution >= 0.6 is 11.8 Å². The van der Waals surface area contributed by atoms with E-state index in [4.69, 9.17) is 4.74 Å². The molecule has 45 heavy (non-hydrogen) atoms. The third-order valence-corrected chi connectivity index (χ3v) is 10.2. The molecular weight excluding hydrogens is 594 g/mol. The van der Waals surface area contributed by atoms with Crippen molar-refractivity contribution in [2.24, 2.45) is 0 Å². The largest absolute Gasteiger partial charge is 0.508 e. The number of phenols is 2. The second-order valence-corrected chi connectivity index (χ2v) is 13.3. The number of fused-ring (bicyclic) bond motifs is 2. The molecule has 13 heteroatoms. The Hall–Kier alpha value is -3.78. The summed E-state index contributed by atoms with van der Waals surface area (Å²) in [6.07, 6.45) is 5.49. The van der Waals surface area contributed by atoms with Crippen molar-refractivity contribution in [3.63, 3.8) is 0 Å². The molecular formula is C32H41N7O5S. The number of ether oxygens (including phenoxy) is 1. The van der Waals surface area contributed by atoms with Crippen LogP contribution < -0.4 is 16.0 Å². The van der Waals surface area contributed by atoms with Crippen molar-refractivity contribution >= 4 is 28.6 Å². The van der Waals surface area contributed by atoms with Gasteiger partial charge < -0.3 is 29.9 Å². The summed E-state index contributed by atoms with van der Waals surface area (Å²) in [5, 5.41) is 51.0. The van der Waals surface area contributed by atoms with Gasteiger partial charge in [-0.15, -0.1) is 5.10 Å². The van der Waals surface area contributed by atoms with E-state index in [1.807, 2.05) is 56.1 Å². The molecule has 2 aromatic heterocycles. The van der Waals surface area contributed by atoms with E-state index in [0.29, 0.717) is 67.1 Å². The molecule has 0 spiro atoms. The molecule has 6 rings (SSSR count). The third-order valence-electron chi connectivity index (χ3n) is 8.68. The molecule has 2 fully saturated rings. The second kappa shape index (κ2) is 13.7. The first-order valence-corrected chi connectivity index (χ1v) is 16.6. The molecule has 2 aliphatic rings. The number of aromatic nitrogens is 4. The zero-order valence-electron chi connectivity index (χ0n) is 25.6. The van der Waals surface area contributed by atoms with Gasteiger partial charge in [-0.3, -0.25) is 15.4 Å². The molecule has 12 nitrogen and oxygen atoms in total. The summed E-state index contributed by atoms with van der Waals surface area (Å²) in [7, 11) is 0. The van der Waals surface area contributed by atoms with E-state index >= 15 is 0 Å². The highest BCUT2D eigenvalue weighted by atomic mass is 32.2. The van der Waals surface area contributed by atoms with Crippen LogP contribution in [0.5, 0.6) is 17.5 Å². The summed E-state index contributed by atoms with van der Waals surface area (Å²) >= 11 is 2.01. The molecule has 2 aliphatic heterocycles. The monoisotopic (exact) mass is 635 g/mol. The molecule has 0 saturated carbocycles. The minimum atomic E-state index is -0.316. The lowest BCUT2D eigenvalue weighted by atomic mass is 9.98. The summed E-state index contributed by atoms with van der Waals surface area (Å²) in [4.78, 5) is 12.5. The number of nitrogens with zero attached hydrogens (tertiary/aromatic N) is 4. The van der Waals surface area contributed by atoms with E-state index in [0.717, 1.165) is 35.9 Å². The molecule has 3 atom stereocenters. The quantitative estimate of drug-likeness (QED) is 0.134. The fourth-order valence-electron chi connectivity index (χ4n) is 6.27. The maximum atomic E-state index is 12.5. The number of nitrogens with one attached hydrogen (secondary N) is 3. The van der Waals surface area contributed by atoms with Gasteiger partial charge in [-0.25, -0.2) is 4.57 Å². The van der Waals surface area contributed by atoms with Gasteiger partial charge in [0.1, 0.15) is 11.5 Å². The van der Waals surface area contributed by atoms with E-state index in [1.54, 1.807) is 6.07 Å². The van der Waals surface area contributed by atoms with Crippen LogP contribution in [-0.2, 0) is 16.1 Å². The Labute approximate surface area is 266 Å². The predicted octanol–water partition coefficient (Wildman–Crippen LogP) is 3.78. The standard InChI is InChI=1S/C32H41N7O5S/c1-19(2)22-14-23(27(41)15-26(22)40)31-36-37-32(43)39(31)21-7-8-25-20(13-21)9-11-38(25)12-10-33-29(42)6-4-3-5-28-30-24(16-45-28)34-17-44-18-35-30/h7-9,11,13-15,19,24,28,30,34-35,40-41H,3-6,10,12,16-18H2,1-2H3,(H,33,42)(H,37,43)/t24-,28+,30-/m1/s1. The van der Waals surface area contributed by atoms with Crippen LogP contribution in [0.15, 0.2) is 42.6 Å². The van der Waals surface area contributed by atoms with Gasteiger partial charge in [-0.05, 0) is 54.7 Å². The summed E-state index contributed by atoms with van der Waals surface area (Å²) in [6.45, 7) is 6.22. The molecule has 6 N–H and O–H groups in total. The number of hydrogen-bond acceptors (Lipinski definition) is 10. The minimum Gasteiger partial charge on any atom is -0.508 e. The van der Waals surface area contributed by atoms with E-state index < -0.39 is 0 Å². The molecule has 0 aliphatic carbocycles. The molecule has 0 unspecified atom stereocenters. The zero-order chi connectivity index (χ0) is 31.5. The molecule has 4 aromatic rings. The topological polar surface area (TPSA) is 159 Å². The van der Waals surface area contributed by atoms with Crippen molar-refractivity contribution < 1.29 is 24.9 Å².